The number of pyridine rings is 1. The summed E-state index contributed by atoms with van der Waals surface area (Å²) in [5.74, 6) is 1.59. The predicted octanol–water partition coefficient (Wildman–Crippen LogP) is 3.19. The van der Waals surface area contributed by atoms with Crippen LogP contribution >= 0.6 is 0 Å². The molecule has 0 aromatic carbocycles. The molecule has 0 radical (unpaired) electrons. The highest BCUT2D eigenvalue weighted by Crippen LogP contribution is 2.43. The molecule has 3 fully saturated rings. The molecule has 0 bridgehead atoms. The number of rotatable bonds is 7. The molecule has 3 heterocycles. The topological polar surface area (TPSA) is 51.7 Å². The van der Waals surface area contributed by atoms with Crippen molar-refractivity contribution in [3.8, 4) is 0 Å². The average Bonchev–Trinajstić information content (AvgIpc) is 3.41. The van der Waals surface area contributed by atoms with Crippen molar-refractivity contribution in [3.63, 3.8) is 0 Å². The SMILES string of the molecule is O=C(CC1CC1)N1CCC2(CC1)OCC[C@@H]2CCOCc1ccncc1. The summed E-state index contributed by atoms with van der Waals surface area (Å²) in [5.41, 5.74) is 1.15. The maximum Gasteiger partial charge on any atom is 0.222 e. The molecule has 3 aliphatic rings. The van der Waals surface area contributed by atoms with Crippen LogP contribution < -0.4 is 0 Å². The minimum atomic E-state index is -0.0175. The third kappa shape index (κ3) is 4.26. The highest BCUT2D eigenvalue weighted by molar-refractivity contribution is 5.76. The molecular formula is C21H30N2O3. The van der Waals surface area contributed by atoms with Gasteiger partial charge in [0.15, 0.2) is 0 Å². The lowest BCUT2D eigenvalue weighted by Crippen LogP contribution is -2.49. The second-order valence-corrected chi connectivity index (χ2v) is 8.12. The molecule has 26 heavy (non-hydrogen) atoms. The van der Waals surface area contributed by atoms with Gasteiger partial charge in [-0.25, -0.2) is 0 Å². The lowest BCUT2D eigenvalue weighted by atomic mass is 9.78. The van der Waals surface area contributed by atoms with Crippen molar-refractivity contribution in [1.82, 2.24) is 9.88 Å². The van der Waals surface area contributed by atoms with Crippen molar-refractivity contribution in [1.29, 1.82) is 0 Å². The second kappa shape index (κ2) is 8.05. The lowest BCUT2D eigenvalue weighted by Gasteiger charge is -2.42. The zero-order chi connectivity index (χ0) is 17.8. The summed E-state index contributed by atoms with van der Waals surface area (Å²) >= 11 is 0. The number of amides is 1. The third-order valence-electron chi connectivity index (χ3n) is 6.35. The van der Waals surface area contributed by atoms with Gasteiger partial charge >= 0.3 is 0 Å². The fourth-order valence-corrected chi connectivity index (χ4v) is 4.47. The summed E-state index contributed by atoms with van der Waals surface area (Å²) < 4.78 is 12.1. The standard InChI is InChI=1S/C21H30N2O3/c24-20(15-17-1-2-17)23-11-7-21(8-12-23)19(6-14-26-21)5-13-25-16-18-3-9-22-10-4-18/h3-4,9-10,17,19H,1-2,5-8,11-16H2/t19-/m0/s1. The Balaban J connectivity index is 1.22. The molecule has 1 aromatic heterocycles. The van der Waals surface area contributed by atoms with Crippen LogP contribution in [0.25, 0.3) is 0 Å². The molecule has 1 atom stereocenters. The molecule has 1 aromatic rings. The number of piperidine rings is 1. The maximum atomic E-state index is 12.3. The van der Waals surface area contributed by atoms with Gasteiger partial charge in [0.05, 0.1) is 12.2 Å². The van der Waals surface area contributed by atoms with E-state index in [4.69, 9.17) is 9.47 Å². The van der Waals surface area contributed by atoms with Crippen molar-refractivity contribution < 1.29 is 14.3 Å². The molecule has 4 rings (SSSR count). The zero-order valence-electron chi connectivity index (χ0n) is 15.6. The van der Waals surface area contributed by atoms with Crippen LogP contribution in [0.5, 0.6) is 0 Å². The Hall–Kier alpha value is -1.46. The van der Waals surface area contributed by atoms with Crippen LogP contribution in [0, 0.1) is 11.8 Å². The first-order valence-corrected chi connectivity index (χ1v) is 10.1. The molecule has 1 amide bonds. The van der Waals surface area contributed by atoms with Gasteiger partial charge in [-0.15, -0.1) is 0 Å². The fraction of sp³-hybridized carbons (Fsp3) is 0.714. The zero-order valence-corrected chi connectivity index (χ0v) is 15.6. The van der Waals surface area contributed by atoms with Crippen LogP contribution in [0.2, 0.25) is 0 Å². The van der Waals surface area contributed by atoms with Gasteiger partial charge in [-0.2, -0.15) is 0 Å². The monoisotopic (exact) mass is 358 g/mol. The smallest absolute Gasteiger partial charge is 0.222 e. The molecule has 1 spiro atoms. The largest absolute Gasteiger partial charge is 0.377 e. The van der Waals surface area contributed by atoms with E-state index in [2.05, 4.69) is 9.88 Å². The Kier molecular flexibility index (Phi) is 5.55. The van der Waals surface area contributed by atoms with Crippen LogP contribution in [0.4, 0.5) is 0 Å². The summed E-state index contributed by atoms with van der Waals surface area (Å²) in [6.07, 6.45) is 11.0. The minimum Gasteiger partial charge on any atom is -0.377 e. The van der Waals surface area contributed by atoms with E-state index < -0.39 is 0 Å². The summed E-state index contributed by atoms with van der Waals surface area (Å²) in [7, 11) is 0. The molecule has 1 saturated carbocycles. The number of ether oxygens (including phenoxy) is 2. The van der Waals surface area contributed by atoms with E-state index in [1.807, 2.05) is 12.1 Å². The summed E-state index contributed by atoms with van der Waals surface area (Å²) in [4.78, 5) is 18.4. The second-order valence-electron chi connectivity index (χ2n) is 8.12. The van der Waals surface area contributed by atoms with Gasteiger partial charge in [0.1, 0.15) is 0 Å². The van der Waals surface area contributed by atoms with Crippen LogP contribution in [0.1, 0.15) is 50.5 Å². The molecule has 2 saturated heterocycles. The first-order valence-electron chi connectivity index (χ1n) is 10.1. The van der Waals surface area contributed by atoms with E-state index in [0.29, 0.717) is 24.3 Å². The van der Waals surface area contributed by atoms with Crippen molar-refractivity contribution in [2.75, 3.05) is 26.3 Å². The number of nitrogens with zero attached hydrogens (tertiary/aromatic N) is 2. The van der Waals surface area contributed by atoms with E-state index >= 15 is 0 Å². The molecule has 0 unspecified atom stereocenters. The molecule has 5 heteroatoms. The first kappa shape index (κ1) is 17.9. The minimum absolute atomic E-state index is 0.0175. The molecular weight excluding hydrogens is 328 g/mol. The first-order chi connectivity index (χ1) is 12.8. The number of aromatic nitrogens is 1. The highest BCUT2D eigenvalue weighted by Gasteiger charge is 2.46. The van der Waals surface area contributed by atoms with E-state index in [0.717, 1.165) is 58.4 Å². The normalized spacial score (nSPS) is 24.9. The van der Waals surface area contributed by atoms with Crippen molar-refractivity contribution in [2.45, 2.75) is 57.2 Å². The Labute approximate surface area is 156 Å². The van der Waals surface area contributed by atoms with E-state index in [1.165, 1.54) is 18.4 Å². The number of hydrogen-bond donors (Lipinski definition) is 0. The lowest BCUT2D eigenvalue weighted by molar-refractivity contribution is -0.138. The van der Waals surface area contributed by atoms with Gasteiger partial charge in [-0.05, 0) is 68.1 Å². The summed E-state index contributed by atoms with van der Waals surface area (Å²) in [6, 6.07) is 3.99. The number of carbonyl (C=O) groups is 1. The van der Waals surface area contributed by atoms with Gasteiger partial charge in [0.25, 0.3) is 0 Å². The van der Waals surface area contributed by atoms with Crippen molar-refractivity contribution >= 4 is 5.91 Å². The van der Waals surface area contributed by atoms with Gasteiger partial charge in [-0.3, -0.25) is 9.78 Å². The summed E-state index contributed by atoms with van der Waals surface area (Å²) in [5, 5.41) is 0. The van der Waals surface area contributed by atoms with E-state index in [1.54, 1.807) is 12.4 Å². The fourth-order valence-electron chi connectivity index (χ4n) is 4.47. The van der Waals surface area contributed by atoms with Crippen LogP contribution in [-0.2, 0) is 20.9 Å². The molecule has 0 N–H and O–H groups in total. The Bertz CT molecular complexity index is 595. The van der Waals surface area contributed by atoms with Crippen molar-refractivity contribution in [2.24, 2.45) is 11.8 Å². The highest BCUT2D eigenvalue weighted by atomic mass is 16.5. The van der Waals surface area contributed by atoms with Crippen LogP contribution in [-0.4, -0.2) is 47.7 Å². The van der Waals surface area contributed by atoms with Gasteiger partial charge in [0.2, 0.25) is 5.91 Å². The number of carbonyl (C=O) groups excluding carboxylic acids is 1. The number of hydrogen-bond acceptors (Lipinski definition) is 4. The Morgan fingerprint density at radius 1 is 1.23 bits per heavy atom. The molecule has 1 aliphatic carbocycles. The molecule has 2 aliphatic heterocycles. The van der Waals surface area contributed by atoms with Gasteiger partial charge in [-0.1, -0.05) is 0 Å². The average molecular weight is 358 g/mol. The predicted molar refractivity (Wildman–Crippen MR) is 98.5 cm³/mol. The van der Waals surface area contributed by atoms with Crippen LogP contribution in [0.15, 0.2) is 24.5 Å². The van der Waals surface area contributed by atoms with E-state index in [-0.39, 0.29) is 5.60 Å². The molecule has 142 valence electrons. The maximum absolute atomic E-state index is 12.3. The Morgan fingerprint density at radius 2 is 2.00 bits per heavy atom. The quantitative estimate of drug-likeness (QED) is 0.703. The number of likely N-dealkylation sites (tertiary alicyclic amines) is 1. The summed E-state index contributed by atoms with van der Waals surface area (Å²) in [6.45, 7) is 3.99. The Morgan fingerprint density at radius 3 is 2.73 bits per heavy atom. The third-order valence-corrected chi connectivity index (χ3v) is 6.35. The molecule has 5 nitrogen and oxygen atoms in total. The van der Waals surface area contributed by atoms with Crippen LogP contribution in [0.3, 0.4) is 0 Å². The van der Waals surface area contributed by atoms with Gasteiger partial charge < -0.3 is 14.4 Å². The van der Waals surface area contributed by atoms with Crippen molar-refractivity contribution in [3.05, 3.63) is 30.1 Å². The van der Waals surface area contributed by atoms with E-state index in [9.17, 15) is 4.79 Å². The van der Waals surface area contributed by atoms with Gasteiger partial charge in [0, 0.05) is 45.1 Å².